The summed E-state index contributed by atoms with van der Waals surface area (Å²) in [5.74, 6) is -0.177. The van der Waals surface area contributed by atoms with Crippen LogP contribution in [0.5, 0.6) is 0 Å². The van der Waals surface area contributed by atoms with Crippen LogP contribution in [0, 0.1) is 25.2 Å². The average molecular weight is 330 g/mol. The molecule has 2 rings (SSSR count). The maximum Gasteiger partial charge on any atom is 0.256 e. The average Bonchev–Trinajstić information content (AvgIpc) is 2.72. The molecular formula is C17H18N2OS2. The van der Waals surface area contributed by atoms with Crippen LogP contribution in [0.15, 0.2) is 29.2 Å². The van der Waals surface area contributed by atoms with E-state index in [1.54, 1.807) is 17.8 Å². The van der Waals surface area contributed by atoms with Crippen molar-refractivity contribution in [2.75, 3.05) is 5.32 Å². The number of rotatable bonds is 4. The Balaban J connectivity index is 2.23. The van der Waals surface area contributed by atoms with Gasteiger partial charge < -0.3 is 5.32 Å². The molecule has 1 aromatic carbocycles. The molecule has 114 valence electrons. The Morgan fingerprint density at radius 1 is 1.36 bits per heavy atom. The van der Waals surface area contributed by atoms with E-state index in [1.807, 2.05) is 32.0 Å². The summed E-state index contributed by atoms with van der Waals surface area (Å²) in [6.45, 7) is 8.10. The largest absolute Gasteiger partial charge is 0.312 e. The summed E-state index contributed by atoms with van der Waals surface area (Å²) in [5, 5.41) is 13.2. The minimum atomic E-state index is -0.177. The van der Waals surface area contributed by atoms with Crippen LogP contribution in [0.25, 0.3) is 0 Å². The number of hydrogen-bond acceptors (Lipinski definition) is 4. The van der Waals surface area contributed by atoms with Crippen LogP contribution in [-0.4, -0.2) is 11.2 Å². The van der Waals surface area contributed by atoms with E-state index in [0.29, 0.717) is 21.4 Å². The molecule has 0 aliphatic heterocycles. The molecule has 5 heteroatoms. The van der Waals surface area contributed by atoms with E-state index in [0.717, 1.165) is 15.3 Å². The van der Waals surface area contributed by atoms with Gasteiger partial charge in [-0.3, -0.25) is 4.79 Å². The van der Waals surface area contributed by atoms with Crippen molar-refractivity contribution in [2.24, 2.45) is 0 Å². The summed E-state index contributed by atoms with van der Waals surface area (Å²) in [4.78, 5) is 14.5. The highest BCUT2D eigenvalue weighted by Gasteiger charge is 2.15. The molecule has 0 radical (unpaired) electrons. The fraction of sp³-hybridized carbons (Fsp3) is 0.294. The Labute approximate surface area is 139 Å². The van der Waals surface area contributed by atoms with Gasteiger partial charge in [-0.15, -0.1) is 23.1 Å². The normalized spacial score (nSPS) is 10.5. The molecule has 1 N–H and O–H groups in total. The van der Waals surface area contributed by atoms with E-state index in [9.17, 15) is 10.1 Å². The van der Waals surface area contributed by atoms with Gasteiger partial charge in [0.05, 0.1) is 5.56 Å². The third-order valence-electron chi connectivity index (χ3n) is 3.19. The molecule has 0 fully saturated rings. The zero-order chi connectivity index (χ0) is 16.3. The molecule has 22 heavy (non-hydrogen) atoms. The Hall–Kier alpha value is -1.77. The topological polar surface area (TPSA) is 52.9 Å². The van der Waals surface area contributed by atoms with Gasteiger partial charge in [0.2, 0.25) is 0 Å². The van der Waals surface area contributed by atoms with Crippen molar-refractivity contribution in [1.82, 2.24) is 0 Å². The van der Waals surface area contributed by atoms with Crippen molar-refractivity contribution >= 4 is 34.0 Å². The van der Waals surface area contributed by atoms with Gasteiger partial charge in [0.25, 0.3) is 5.91 Å². The highest BCUT2D eigenvalue weighted by atomic mass is 32.2. The minimum absolute atomic E-state index is 0.177. The minimum Gasteiger partial charge on any atom is -0.312 e. The number of nitrogens with zero attached hydrogens (tertiary/aromatic N) is 1. The first-order chi connectivity index (χ1) is 10.4. The fourth-order valence-corrected chi connectivity index (χ4v) is 3.91. The molecule has 0 aliphatic carbocycles. The maximum absolute atomic E-state index is 12.4. The van der Waals surface area contributed by atoms with E-state index >= 15 is 0 Å². The van der Waals surface area contributed by atoms with Crippen LogP contribution in [-0.2, 0) is 0 Å². The highest BCUT2D eigenvalue weighted by molar-refractivity contribution is 7.99. The Bertz CT molecular complexity index is 742. The number of carbonyl (C=O) groups excluding carboxylic acids is 1. The molecule has 2 aromatic rings. The number of nitrogens with one attached hydrogen (secondary N) is 1. The molecule has 0 bridgehead atoms. The molecule has 0 unspecified atom stereocenters. The van der Waals surface area contributed by atoms with Crippen LogP contribution >= 0.6 is 23.1 Å². The van der Waals surface area contributed by atoms with Gasteiger partial charge in [-0.25, -0.2) is 0 Å². The Morgan fingerprint density at radius 2 is 2.09 bits per heavy atom. The lowest BCUT2D eigenvalue weighted by Crippen LogP contribution is -2.11. The Morgan fingerprint density at radius 3 is 2.73 bits per heavy atom. The molecule has 1 heterocycles. The number of thioether (sulfide) groups is 1. The summed E-state index contributed by atoms with van der Waals surface area (Å²) >= 11 is 3.16. The van der Waals surface area contributed by atoms with E-state index in [1.165, 1.54) is 11.3 Å². The molecule has 0 spiro atoms. The number of anilines is 1. The van der Waals surface area contributed by atoms with Crippen LogP contribution in [0.1, 0.15) is 40.2 Å². The lowest BCUT2D eigenvalue weighted by Gasteiger charge is -2.07. The van der Waals surface area contributed by atoms with Crippen molar-refractivity contribution in [1.29, 1.82) is 5.26 Å². The zero-order valence-electron chi connectivity index (χ0n) is 13.1. The van der Waals surface area contributed by atoms with Crippen molar-refractivity contribution in [3.8, 4) is 6.07 Å². The summed E-state index contributed by atoms with van der Waals surface area (Å²) in [5.41, 5.74) is 2.11. The molecule has 0 saturated heterocycles. The summed E-state index contributed by atoms with van der Waals surface area (Å²) in [6, 6.07) is 9.74. The van der Waals surface area contributed by atoms with Crippen LogP contribution < -0.4 is 5.32 Å². The number of nitriles is 1. The summed E-state index contributed by atoms with van der Waals surface area (Å²) in [7, 11) is 0. The smallest absolute Gasteiger partial charge is 0.256 e. The first-order valence-corrected chi connectivity index (χ1v) is 8.70. The van der Waals surface area contributed by atoms with Gasteiger partial charge in [-0.05, 0) is 37.6 Å². The van der Waals surface area contributed by atoms with Crippen molar-refractivity contribution < 1.29 is 4.79 Å². The number of amides is 1. The van der Waals surface area contributed by atoms with Gasteiger partial charge >= 0.3 is 0 Å². The van der Waals surface area contributed by atoms with Crippen LogP contribution in [0.3, 0.4) is 0 Å². The monoisotopic (exact) mass is 330 g/mol. The van der Waals surface area contributed by atoms with Gasteiger partial charge in [0, 0.05) is 20.6 Å². The predicted octanol–water partition coefficient (Wildman–Crippen LogP) is 4.99. The first kappa shape index (κ1) is 16.6. The van der Waals surface area contributed by atoms with Gasteiger partial charge in [0.1, 0.15) is 11.1 Å². The number of benzene rings is 1. The molecule has 3 nitrogen and oxygen atoms in total. The number of carbonyl (C=O) groups is 1. The summed E-state index contributed by atoms with van der Waals surface area (Å²) < 4.78 is 0. The van der Waals surface area contributed by atoms with E-state index in [2.05, 4.69) is 25.2 Å². The fourth-order valence-electron chi connectivity index (χ4n) is 2.01. The molecule has 0 aliphatic rings. The first-order valence-electron chi connectivity index (χ1n) is 7.00. The number of hydrogen-bond donors (Lipinski definition) is 1. The maximum atomic E-state index is 12.4. The van der Waals surface area contributed by atoms with E-state index < -0.39 is 0 Å². The van der Waals surface area contributed by atoms with Crippen LogP contribution in [0.2, 0.25) is 0 Å². The molecule has 1 amide bonds. The van der Waals surface area contributed by atoms with E-state index in [4.69, 9.17) is 0 Å². The highest BCUT2D eigenvalue weighted by Crippen LogP contribution is 2.32. The lowest BCUT2D eigenvalue weighted by atomic mass is 10.2. The standard InChI is InChI=1S/C17H18N2OS2/c1-10(2)21-14-7-5-6-13(8-14)16(20)19-17-15(9-18)11(3)12(4)22-17/h5-8,10H,1-4H3,(H,19,20). The predicted molar refractivity (Wildman–Crippen MR) is 93.9 cm³/mol. The molecule has 0 saturated carbocycles. The molecular weight excluding hydrogens is 312 g/mol. The second kappa shape index (κ2) is 6.99. The van der Waals surface area contributed by atoms with Gasteiger partial charge in [-0.2, -0.15) is 5.26 Å². The second-order valence-electron chi connectivity index (χ2n) is 5.25. The van der Waals surface area contributed by atoms with E-state index in [-0.39, 0.29) is 5.91 Å². The molecule has 1 aromatic heterocycles. The number of thiophene rings is 1. The zero-order valence-corrected chi connectivity index (χ0v) is 14.7. The number of aryl methyl sites for hydroxylation is 1. The van der Waals surface area contributed by atoms with Crippen LogP contribution in [0.4, 0.5) is 5.00 Å². The molecule has 0 atom stereocenters. The van der Waals surface area contributed by atoms with Crippen molar-refractivity contribution in [3.63, 3.8) is 0 Å². The van der Waals surface area contributed by atoms with Crippen molar-refractivity contribution in [3.05, 3.63) is 45.8 Å². The Kier molecular flexibility index (Phi) is 5.28. The van der Waals surface area contributed by atoms with Gasteiger partial charge in [0.15, 0.2) is 0 Å². The van der Waals surface area contributed by atoms with Crippen molar-refractivity contribution in [2.45, 2.75) is 37.8 Å². The SMILES string of the molecule is Cc1sc(NC(=O)c2cccc(SC(C)C)c2)c(C#N)c1C. The second-order valence-corrected chi connectivity index (χ2v) is 8.12. The quantitative estimate of drug-likeness (QED) is 0.804. The lowest BCUT2D eigenvalue weighted by molar-refractivity contribution is 0.102. The third-order valence-corrected chi connectivity index (χ3v) is 5.31. The van der Waals surface area contributed by atoms with Gasteiger partial charge in [-0.1, -0.05) is 19.9 Å². The summed E-state index contributed by atoms with van der Waals surface area (Å²) in [6.07, 6.45) is 0. The third kappa shape index (κ3) is 3.70.